The van der Waals surface area contributed by atoms with E-state index in [0.717, 1.165) is 11.1 Å². The Labute approximate surface area is 128 Å². The van der Waals surface area contributed by atoms with Gasteiger partial charge in [0.05, 0.1) is 17.0 Å². The number of sulfonamides is 1. The molecule has 0 heterocycles. The lowest BCUT2D eigenvalue weighted by Gasteiger charge is -2.18. The van der Waals surface area contributed by atoms with Crippen molar-refractivity contribution in [3.05, 3.63) is 64.7 Å². The Morgan fingerprint density at radius 1 is 1.10 bits per heavy atom. The van der Waals surface area contributed by atoms with Gasteiger partial charge in [-0.25, -0.2) is 13.1 Å². The van der Waals surface area contributed by atoms with Crippen molar-refractivity contribution in [1.82, 2.24) is 4.72 Å². The maximum absolute atomic E-state index is 12.4. The molecule has 2 aromatic carbocycles. The molecule has 0 radical (unpaired) electrons. The van der Waals surface area contributed by atoms with Gasteiger partial charge in [0.2, 0.25) is 10.0 Å². The number of halogens is 1. The van der Waals surface area contributed by atoms with E-state index in [-0.39, 0.29) is 4.90 Å². The zero-order chi connectivity index (χ0) is 15.0. The van der Waals surface area contributed by atoms with Gasteiger partial charge in [0.25, 0.3) is 0 Å². The van der Waals surface area contributed by atoms with E-state index in [1.165, 1.54) is 24.3 Å². The Morgan fingerprint density at radius 2 is 1.76 bits per heavy atom. The normalized spacial score (nSPS) is 21.2. The quantitative estimate of drug-likeness (QED) is 0.910. The molecule has 2 atom stereocenters. The van der Waals surface area contributed by atoms with Crippen molar-refractivity contribution in [2.45, 2.75) is 23.5 Å². The Kier molecular flexibility index (Phi) is 3.75. The van der Waals surface area contributed by atoms with Crippen LogP contribution in [-0.2, 0) is 16.4 Å². The van der Waals surface area contributed by atoms with Crippen LogP contribution >= 0.6 is 11.6 Å². The highest BCUT2D eigenvalue weighted by atomic mass is 35.5. The molecular weight excluding hydrogens is 310 g/mol. The maximum Gasteiger partial charge on any atom is 0.241 e. The van der Waals surface area contributed by atoms with Gasteiger partial charge in [-0.3, -0.25) is 0 Å². The van der Waals surface area contributed by atoms with E-state index in [2.05, 4.69) is 4.72 Å². The smallest absolute Gasteiger partial charge is 0.241 e. The number of hydrogen-bond acceptors (Lipinski definition) is 3. The highest BCUT2D eigenvalue weighted by Gasteiger charge is 2.34. The first kappa shape index (κ1) is 14.5. The van der Waals surface area contributed by atoms with Crippen molar-refractivity contribution in [2.75, 3.05) is 0 Å². The molecular formula is C15H14ClNO3S. The molecule has 3 rings (SSSR count). The summed E-state index contributed by atoms with van der Waals surface area (Å²) in [5.74, 6) is 0. The molecule has 6 heteroatoms. The highest BCUT2D eigenvalue weighted by Crippen LogP contribution is 2.32. The Morgan fingerprint density at radius 3 is 2.48 bits per heavy atom. The summed E-state index contributed by atoms with van der Waals surface area (Å²) in [5, 5.41) is 10.6. The molecule has 0 aliphatic heterocycles. The molecule has 0 saturated carbocycles. The summed E-state index contributed by atoms with van der Waals surface area (Å²) >= 11 is 5.77. The summed E-state index contributed by atoms with van der Waals surface area (Å²) in [6, 6.07) is 12.7. The van der Waals surface area contributed by atoms with Gasteiger partial charge in [0.15, 0.2) is 0 Å². The van der Waals surface area contributed by atoms with Crippen LogP contribution in [0.3, 0.4) is 0 Å². The third-order valence-electron chi connectivity index (χ3n) is 3.61. The zero-order valence-corrected chi connectivity index (χ0v) is 12.6. The first-order valence-corrected chi connectivity index (χ1v) is 8.37. The number of aliphatic hydroxyl groups excluding tert-OH is 1. The molecule has 0 aromatic heterocycles. The predicted octanol–water partition coefficient (Wildman–Crippen LogP) is 2.28. The van der Waals surface area contributed by atoms with E-state index in [1.807, 2.05) is 24.3 Å². The summed E-state index contributed by atoms with van der Waals surface area (Å²) in [5.41, 5.74) is 1.79. The lowest BCUT2D eigenvalue weighted by molar-refractivity contribution is 0.151. The average Bonchev–Trinajstić information content (AvgIpc) is 2.75. The van der Waals surface area contributed by atoms with Crippen LogP contribution in [0.25, 0.3) is 0 Å². The molecule has 1 aliphatic rings. The third-order valence-corrected chi connectivity index (χ3v) is 5.32. The van der Waals surface area contributed by atoms with Crippen LogP contribution in [0.1, 0.15) is 17.2 Å². The summed E-state index contributed by atoms with van der Waals surface area (Å²) in [6.07, 6.45) is -0.311. The van der Waals surface area contributed by atoms with Crippen LogP contribution < -0.4 is 4.72 Å². The van der Waals surface area contributed by atoms with Gasteiger partial charge in [-0.15, -0.1) is 0 Å². The monoisotopic (exact) mass is 323 g/mol. The second-order valence-corrected chi connectivity index (χ2v) is 7.17. The van der Waals surface area contributed by atoms with Crippen LogP contribution in [0.4, 0.5) is 0 Å². The van der Waals surface area contributed by atoms with Gasteiger partial charge in [0, 0.05) is 11.4 Å². The number of nitrogens with one attached hydrogen (secondary N) is 1. The molecule has 0 bridgehead atoms. The number of fused-ring (bicyclic) bond motifs is 1. The second kappa shape index (κ2) is 5.42. The number of hydrogen-bond donors (Lipinski definition) is 2. The van der Waals surface area contributed by atoms with Crippen molar-refractivity contribution in [2.24, 2.45) is 0 Å². The number of benzene rings is 2. The van der Waals surface area contributed by atoms with Gasteiger partial charge < -0.3 is 5.11 Å². The van der Waals surface area contributed by atoms with Crippen molar-refractivity contribution in [1.29, 1.82) is 0 Å². The Bertz CT molecular complexity index is 759. The fourth-order valence-corrected chi connectivity index (χ4v) is 3.94. The average molecular weight is 324 g/mol. The summed E-state index contributed by atoms with van der Waals surface area (Å²) < 4.78 is 27.4. The van der Waals surface area contributed by atoms with E-state index in [9.17, 15) is 13.5 Å². The minimum atomic E-state index is -3.70. The van der Waals surface area contributed by atoms with Crippen molar-refractivity contribution in [3.63, 3.8) is 0 Å². The topological polar surface area (TPSA) is 66.4 Å². The van der Waals surface area contributed by atoms with Crippen molar-refractivity contribution >= 4 is 21.6 Å². The molecule has 0 spiro atoms. The highest BCUT2D eigenvalue weighted by molar-refractivity contribution is 7.89. The van der Waals surface area contributed by atoms with Crippen LogP contribution in [0.5, 0.6) is 0 Å². The summed E-state index contributed by atoms with van der Waals surface area (Å²) in [4.78, 5) is 0.128. The van der Waals surface area contributed by atoms with Gasteiger partial charge in [-0.1, -0.05) is 35.9 Å². The van der Waals surface area contributed by atoms with E-state index < -0.39 is 22.2 Å². The number of aliphatic hydroxyl groups is 1. The Hall–Kier alpha value is -1.40. The summed E-state index contributed by atoms with van der Waals surface area (Å²) in [7, 11) is -3.70. The van der Waals surface area contributed by atoms with Gasteiger partial charge in [0.1, 0.15) is 0 Å². The van der Waals surface area contributed by atoms with Crippen molar-refractivity contribution in [3.8, 4) is 0 Å². The Balaban J connectivity index is 1.91. The molecule has 2 aromatic rings. The minimum absolute atomic E-state index is 0.128. The van der Waals surface area contributed by atoms with Crippen LogP contribution in [0, 0.1) is 0 Å². The largest absolute Gasteiger partial charge is 0.391 e. The first-order chi connectivity index (χ1) is 9.97. The lowest BCUT2D eigenvalue weighted by Crippen LogP contribution is -2.33. The SMILES string of the molecule is O=S(=O)(NC1c2ccccc2CC1O)c1ccc(Cl)cc1. The van der Waals surface area contributed by atoms with Crippen LogP contribution in [-0.4, -0.2) is 19.6 Å². The lowest BCUT2D eigenvalue weighted by atomic mass is 10.1. The molecule has 110 valence electrons. The van der Waals surface area contributed by atoms with Gasteiger partial charge >= 0.3 is 0 Å². The number of rotatable bonds is 3. The molecule has 4 nitrogen and oxygen atoms in total. The zero-order valence-electron chi connectivity index (χ0n) is 11.0. The minimum Gasteiger partial charge on any atom is -0.391 e. The molecule has 21 heavy (non-hydrogen) atoms. The molecule has 2 N–H and O–H groups in total. The molecule has 2 unspecified atom stereocenters. The van der Waals surface area contributed by atoms with E-state index in [0.29, 0.717) is 11.4 Å². The van der Waals surface area contributed by atoms with Crippen LogP contribution in [0.2, 0.25) is 5.02 Å². The third kappa shape index (κ3) is 2.82. The maximum atomic E-state index is 12.4. The van der Waals surface area contributed by atoms with E-state index in [1.54, 1.807) is 0 Å². The fourth-order valence-electron chi connectivity index (χ4n) is 2.56. The molecule has 0 amide bonds. The van der Waals surface area contributed by atoms with E-state index in [4.69, 9.17) is 11.6 Å². The predicted molar refractivity (Wildman–Crippen MR) is 80.7 cm³/mol. The standard InChI is InChI=1S/C15H14ClNO3S/c16-11-5-7-12(8-6-11)21(19,20)17-15-13-4-2-1-3-10(13)9-14(15)18/h1-8,14-15,17-18H,9H2. The van der Waals surface area contributed by atoms with Gasteiger partial charge in [-0.05, 0) is 35.4 Å². The van der Waals surface area contributed by atoms with E-state index >= 15 is 0 Å². The van der Waals surface area contributed by atoms with Gasteiger partial charge in [-0.2, -0.15) is 0 Å². The second-order valence-electron chi connectivity index (χ2n) is 5.02. The summed E-state index contributed by atoms with van der Waals surface area (Å²) in [6.45, 7) is 0. The molecule has 0 fully saturated rings. The van der Waals surface area contributed by atoms with Crippen molar-refractivity contribution < 1.29 is 13.5 Å². The fraction of sp³-hybridized carbons (Fsp3) is 0.200. The van der Waals surface area contributed by atoms with Crippen LogP contribution in [0.15, 0.2) is 53.4 Å². The molecule has 0 saturated heterocycles. The molecule has 1 aliphatic carbocycles. The first-order valence-electron chi connectivity index (χ1n) is 6.51.